The van der Waals surface area contributed by atoms with Gasteiger partial charge in [0, 0.05) is 11.8 Å². The Hall–Kier alpha value is -0.560. The van der Waals surface area contributed by atoms with Crippen molar-refractivity contribution in [3.8, 4) is 12.3 Å². The minimum absolute atomic E-state index is 0.0468. The maximum absolute atomic E-state index is 9.84. The lowest BCUT2D eigenvalue weighted by Gasteiger charge is -2.28. The molecule has 0 aliphatic heterocycles. The molecular formula is C11H18O3. The molecular weight excluding hydrogens is 180 g/mol. The predicted molar refractivity (Wildman–Crippen MR) is 53.4 cm³/mol. The zero-order valence-electron chi connectivity index (χ0n) is 8.48. The molecule has 1 rings (SSSR count). The van der Waals surface area contributed by atoms with Crippen molar-refractivity contribution in [3.05, 3.63) is 0 Å². The molecule has 0 aromatic rings. The van der Waals surface area contributed by atoms with Crippen LogP contribution in [0.4, 0.5) is 0 Å². The lowest BCUT2D eigenvalue weighted by Crippen LogP contribution is -2.38. The van der Waals surface area contributed by atoms with Gasteiger partial charge in [-0.25, -0.2) is 0 Å². The van der Waals surface area contributed by atoms with E-state index in [-0.39, 0.29) is 12.5 Å². The molecule has 0 aromatic heterocycles. The summed E-state index contributed by atoms with van der Waals surface area (Å²) in [4.78, 5) is 0. The van der Waals surface area contributed by atoms with E-state index in [0.717, 1.165) is 6.42 Å². The highest BCUT2D eigenvalue weighted by molar-refractivity contribution is 5.06. The van der Waals surface area contributed by atoms with E-state index in [1.54, 1.807) is 0 Å². The Morgan fingerprint density at radius 3 is 2.50 bits per heavy atom. The molecule has 3 heteroatoms. The van der Waals surface area contributed by atoms with Crippen molar-refractivity contribution in [2.45, 2.75) is 38.4 Å². The average molecular weight is 198 g/mol. The van der Waals surface area contributed by atoms with Crippen LogP contribution in [-0.2, 0) is 0 Å². The molecule has 0 spiro atoms. The standard InChI is InChI=1S/C11H18O3/c1-3-5-11(7-12)6-8(4-2)9(13)10(11)14/h1,8-10,12-14H,4-7H2,2H3/t8-,9?,10?,11-/m1/s1. The minimum Gasteiger partial charge on any atom is -0.396 e. The summed E-state index contributed by atoms with van der Waals surface area (Å²) >= 11 is 0. The summed E-state index contributed by atoms with van der Waals surface area (Å²) in [5.41, 5.74) is -0.686. The van der Waals surface area contributed by atoms with Crippen LogP contribution < -0.4 is 0 Å². The lowest BCUT2D eigenvalue weighted by atomic mass is 9.81. The van der Waals surface area contributed by atoms with E-state index in [1.807, 2.05) is 6.92 Å². The number of terminal acetylenes is 1. The third kappa shape index (κ3) is 1.66. The van der Waals surface area contributed by atoms with E-state index < -0.39 is 17.6 Å². The van der Waals surface area contributed by atoms with Gasteiger partial charge in [0.15, 0.2) is 0 Å². The highest BCUT2D eigenvalue weighted by Crippen LogP contribution is 2.45. The van der Waals surface area contributed by atoms with Gasteiger partial charge in [0.1, 0.15) is 0 Å². The first kappa shape index (κ1) is 11.5. The molecule has 3 nitrogen and oxygen atoms in total. The molecule has 4 atom stereocenters. The average Bonchev–Trinajstić information content (AvgIpc) is 2.44. The molecule has 3 N–H and O–H groups in total. The number of hydrogen-bond donors (Lipinski definition) is 3. The van der Waals surface area contributed by atoms with Gasteiger partial charge < -0.3 is 15.3 Å². The zero-order valence-corrected chi connectivity index (χ0v) is 8.48. The third-order valence-corrected chi connectivity index (χ3v) is 3.40. The van der Waals surface area contributed by atoms with Crippen molar-refractivity contribution in [2.24, 2.45) is 11.3 Å². The molecule has 0 bridgehead atoms. The number of hydrogen-bond acceptors (Lipinski definition) is 3. The third-order valence-electron chi connectivity index (χ3n) is 3.40. The Morgan fingerprint density at radius 2 is 2.14 bits per heavy atom. The predicted octanol–water partition coefficient (Wildman–Crippen LogP) is 0.140. The van der Waals surface area contributed by atoms with Crippen LogP contribution in [0, 0.1) is 23.7 Å². The van der Waals surface area contributed by atoms with Gasteiger partial charge in [0.05, 0.1) is 18.8 Å². The Balaban J connectivity index is 2.84. The summed E-state index contributed by atoms with van der Waals surface area (Å²) in [5, 5.41) is 28.8. The second-order valence-corrected chi connectivity index (χ2v) is 4.21. The summed E-state index contributed by atoms with van der Waals surface area (Å²) in [7, 11) is 0. The molecule has 1 aliphatic rings. The Bertz CT molecular complexity index is 233. The van der Waals surface area contributed by atoms with E-state index in [0.29, 0.717) is 12.8 Å². The SMILES string of the molecule is C#CC[C@]1(CO)C[C@@H](CC)C(O)C1O. The number of rotatable bonds is 3. The normalized spacial score (nSPS) is 42.4. The summed E-state index contributed by atoms with van der Waals surface area (Å²) in [6, 6.07) is 0. The van der Waals surface area contributed by atoms with Gasteiger partial charge in [-0.1, -0.05) is 13.3 Å². The van der Waals surface area contributed by atoms with E-state index in [1.165, 1.54) is 0 Å². The molecule has 1 fully saturated rings. The van der Waals surface area contributed by atoms with Gasteiger partial charge in [0.25, 0.3) is 0 Å². The molecule has 14 heavy (non-hydrogen) atoms. The Morgan fingerprint density at radius 1 is 1.50 bits per heavy atom. The van der Waals surface area contributed by atoms with Crippen LogP contribution in [0.15, 0.2) is 0 Å². The number of aliphatic hydroxyl groups excluding tert-OH is 3. The van der Waals surface area contributed by atoms with Crippen LogP contribution in [0.3, 0.4) is 0 Å². The van der Waals surface area contributed by atoms with E-state index >= 15 is 0 Å². The van der Waals surface area contributed by atoms with Gasteiger partial charge in [-0.15, -0.1) is 12.3 Å². The van der Waals surface area contributed by atoms with Crippen LogP contribution in [0.25, 0.3) is 0 Å². The van der Waals surface area contributed by atoms with Gasteiger partial charge in [0.2, 0.25) is 0 Å². The largest absolute Gasteiger partial charge is 0.396 e. The quantitative estimate of drug-likeness (QED) is 0.565. The lowest BCUT2D eigenvalue weighted by molar-refractivity contribution is -0.0473. The van der Waals surface area contributed by atoms with Gasteiger partial charge in [-0.05, 0) is 12.3 Å². The second kappa shape index (κ2) is 4.31. The molecule has 0 aromatic carbocycles. The molecule has 80 valence electrons. The van der Waals surface area contributed by atoms with Crippen molar-refractivity contribution >= 4 is 0 Å². The van der Waals surface area contributed by atoms with Crippen molar-refractivity contribution in [3.63, 3.8) is 0 Å². The second-order valence-electron chi connectivity index (χ2n) is 4.21. The van der Waals surface area contributed by atoms with E-state index in [4.69, 9.17) is 6.42 Å². The fourth-order valence-electron chi connectivity index (χ4n) is 2.36. The molecule has 0 saturated heterocycles. The molecule has 0 heterocycles. The van der Waals surface area contributed by atoms with Crippen LogP contribution in [-0.4, -0.2) is 34.1 Å². The molecule has 0 radical (unpaired) electrons. The highest BCUT2D eigenvalue weighted by Gasteiger charge is 2.50. The molecule has 1 aliphatic carbocycles. The summed E-state index contributed by atoms with van der Waals surface area (Å²) in [5.74, 6) is 2.51. The van der Waals surface area contributed by atoms with Crippen LogP contribution in [0.2, 0.25) is 0 Å². The monoisotopic (exact) mass is 198 g/mol. The first-order valence-corrected chi connectivity index (χ1v) is 5.01. The molecule has 0 amide bonds. The molecule has 2 unspecified atom stereocenters. The first-order chi connectivity index (χ1) is 6.61. The van der Waals surface area contributed by atoms with Crippen LogP contribution in [0.5, 0.6) is 0 Å². The molecule has 1 saturated carbocycles. The smallest absolute Gasteiger partial charge is 0.0889 e. The van der Waals surface area contributed by atoms with Crippen molar-refractivity contribution in [1.82, 2.24) is 0 Å². The van der Waals surface area contributed by atoms with Crippen LogP contribution >= 0.6 is 0 Å². The van der Waals surface area contributed by atoms with Crippen molar-refractivity contribution < 1.29 is 15.3 Å². The fraction of sp³-hybridized carbons (Fsp3) is 0.818. The minimum atomic E-state index is -0.895. The Kier molecular flexibility index (Phi) is 3.54. The van der Waals surface area contributed by atoms with Crippen molar-refractivity contribution in [2.75, 3.05) is 6.61 Å². The zero-order chi connectivity index (χ0) is 10.8. The summed E-state index contributed by atoms with van der Waals surface area (Å²) in [6.45, 7) is 1.80. The van der Waals surface area contributed by atoms with Gasteiger partial charge >= 0.3 is 0 Å². The van der Waals surface area contributed by atoms with Crippen molar-refractivity contribution in [1.29, 1.82) is 0 Å². The van der Waals surface area contributed by atoms with Crippen LogP contribution in [0.1, 0.15) is 26.2 Å². The van der Waals surface area contributed by atoms with Gasteiger partial charge in [-0.3, -0.25) is 0 Å². The van der Waals surface area contributed by atoms with E-state index in [9.17, 15) is 15.3 Å². The topological polar surface area (TPSA) is 60.7 Å². The van der Waals surface area contributed by atoms with Gasteiger partial charge in [-0.2, -0.15) is 0 Å². The maximum atomic E-state index is 9.84. The Labute approximate surface area is 84.8 Å². The fourth-order valence-corrected chi connectivity index (χ4v) is 2.36. The highest BCUT2D eigenvalue weighted by atomic mass is 16.3. The van der Waals surface area contributed by atoms with E-state index in [2.05, 4.69) is 5.92 Å². The number of aliphatic hydroxyl groups is 3. The maximum Gasteiger partial charge on any atom is 0.0889 e. The summed E-state index contributed by atoms with van der Waals surface area (Å²) in [6.07, 6.45) is 5.28. The summed E-state index contributed by atoms with van der Waals surface area (Å²) < 4.78 is 0. The first-order valence-electron chi connectivity index (χ1n) is 5.01.